The lowest BCUT2D eigenvalue weighted by atomic mass is 10.2. The summed E-state index contributed by atoms with van der Waals surface area (Å²) in [5.41, 5.74) is 0. The third-order valence-electron chi connectivity index (χ3n) is 2.86. The summed E-state index contributed by atoms with van der Waals surface area (Å²) in [4.78, 5) is 14.7. The van der Waals surface area contributed by atoms with E-state index in [1.54, 1.807) is 6.20 Å². The maximum atomic E-state index is 10.5. The topological polar surface area (TPSA) is 55.1 Å². The minimum atomic E-state index is -0.791. The predicted molar refractivity (Wildman–Crippen MR) is 62.6 cm³/mol. The second kappa shape index (κ2) is 4.91. The van der Waals surface area contributed by atoms with Crippen LogP contribution < -0.4 is 0 Å². The first-order chi connectivity index (χ1) is 7.72. The lowest BCUT2D eigenvalue weighted by Gasteiger charge is -2.05. The van der Waals surface area contributed by atoms with E-state index in [9.17, 15) is 4.79 Å². The van der Waals surface area contributed by atoms with Crippen molar-refractivity contribution in [1.82, 2.24) is 9.55 Å². The van der Waals surface area contributed by atoms with Crippen molar-refractivity contribution in [3.63, 3.8) is 0 Å². The molecule has 1 aromatic rings. The van der Waals surface area contributed by atoms with E-state index in [-0.39, 0.29) is 5.75 Å². The predicted octanol–water partition coefficient (Wildman–Crippen LogP) is 2.42. The molecule has 88 valence electrons. The van der Waals surface area contributed by atoms with Gasteiger partial charge in [0, 0.05) is 18.4 Å². The van der Waals surface area contributed by atoms with Gasteiger partial charge in [0.1, 0.15) is 0 Å². The number of carbonyl (C=O) groups is 1. The zero-order valence-electron chi connectivity index (χ0n) is 9.30. The van der Waals surface area contributed by atoms with E-state index < -0.39 is 5.97 Å². The molecule has 0 aliphatic heterocycles. The molecular formula is C11H16N2O2S. The lowest BCUT2D eigenvalue weighted by molar-refractivity contribution is -0.133. The molecule has 2 rings (SSSR count). The minimum absolute atomic E-state index is 0.0855. The molecule has 1 fully saturated rings. The van der Waals surface area contributed by atoms with Gasteiger partial charge in [0.2, 0.25) is 0 Å². The number of rotatable bonds is 6. The Hall–Kier alpha value is -0.970. The fourth-order valence-corrected chi connectivity index (χ4v) is 2.78. The van der Waals surface area contributed by atoms with Crippen molar-refractivity contribution in [2.45, 2.75) is 37.4 Å². The van der Waals surface area contributed by atoms with Gasteiger partial charge in [0.15, 0.2) is 5.16 Å². The van der Waals surface area contributed by atoms with E-state index >= 15 is 0 Å². The normalized spacial score (nSPS) is 23.3. The molecule has 1 aliphatic rings. The molecule has 1 aromatic heterocycles. The average molecular weight is 240 g/mol. The molecule has 1 aliphatic carbocycles. The Morgan fingerprint density at radius 3 is 3.25 bits per heavy atom. The van der Waals surface area contributed by atoms with Crippen LogP contribution in [0.4, 0.5) is 0 Å². The van der Waals surface area contributed by atoms with Gasteiger partial charge in [-0.15, -0.1) is 0 Å². The number of aromatic nitrogens is 2. The molecule has 1 saturated carbocycles. The zero-order chi connectivity index (χ0) is 11.5. The fraction of sp³-hybridized carbons (Fsp3) is 0.636. The highest BCUT2D eigenvalue weighted by atomic mass is 32.2. The highest BCUT2D eigenvalue weighted by Crippen LogP contribution is 2.47. The van der Waals surface area contributed by atoms with Crippen LogP contribution in [0, 0.1) is 5.92 Å². The summed E-state index contributed by atoms with van der Waals surface area (Å²) < 4.78 is 2.13. The number of hydrogen-bond donors (Lipinski definition) is 1. The molecular weight excluding hydrogens is 224 g/mol. The van der Waals surface area contributed by atoms with Crippen LogP contribution in [0.2, 0.25) is 0 Å². The van der Waals surface area contributed by atoms with Crippen LogP contribution in [0.25, 0.3) is 0 Å². The van der Waals surface area contributed by atoms with Gasteiger partial charge in [0.05, 0.1) is 5.75 Å². The number of hydrogen-bond acceptors (Lipinski definition) is 3. The van der Waals surface area contributed by atoms with E-state index in [0.717, 1.165) is 11.1 Å². The molecule has 1 N–H and O–H groups in total. The van der Waals surface area contributed by atoms with Gasteiger partial charge < -0.3 is 9.67 Å². The maximum Gasteiger partial charge on any atom is 0.313 e. The maximum absolute atomic E-state index is 10.5. The van der Waals surface area contributed by atoms with Crippen molar-refractivity contribution in [3.05, 3.63) is 12.4 Å². The van der Waals surface area contributed by atoms with Crippen LogP contribution in [0.3, 0.4) is 0 Å². The fourth-order valence-electron chi connectivity index (χ4n) is 2.04. The molecule has 0 radical (unpaired) electrons. The van der Waals surface area contributed by atoms with E-state index in [2.05, 4.69) is 16.5 Å². The van der Waals surface area contributed by atoms with Crippen LogP contribution in [0.15, 0.2) is 17.6 Å². The number of thioether (sulfide) groups is 1. The third kappa shape index (κ3) is 2.58. The summed E-state index contributed by atoms with van der Waals surface area (Å²) in [6.45, 7) is 2.20. The molecule has 5 heteroatoms. The Kier molecular flexibility index (Phi) is 3.53. The SMILES string of the molecule is CCCC1CC1n1ccnc1SCC(=O)O. The van der Waals surface area contributed by atoms with E-state index in [1.807, 2.05) is 6.20 Å². The average Bonchev–Trinajstić information content (AvgIpc) is 2.85. The summed E-state index contributed by atoms with van der Waals surface area (Å²) in [5, 5.41) is 9.47. The molecule has 4 nitrogen and oxygen atoms in total. The Balaban J connectivity index is 1.95. The van der Waals surface area contributed by atoms with Crippen LogP contribution in [-0.2, 0) is 4.79 Å². The first-order valence-electron chi connectivity index (χ1n) is 5.59. The van der Waals surface area contributed by atoms with Crippen molar-refractivity contribution in [2.24, 2.45) is 5.92 Å². The van der Waals surface area contributed by atoms with Gasteiger partial charge in [-0.2, -0.15) is 0 Å². The zero-order valence-corrected chi connectivity index (χ0v) is 10.1. The van der Waals surface area contributed by atoms with Crippen LogP contribution in [-0.4, -0.2) is 26.4 Å². The quantitative estimate of drug-likeness (QED) is 0.776. The van der Waals surface area contributed by atoms with Crippen molar-refractivity contribution in [1.29, 1.82) is 0 Å². The van der Waals surface area contributed by atoms with Gasteiger partial charge in [-0.1, -0.05) is 25.1 Å². The number of imidazole rings is 1. The third-order valence-corrected chi connectivity index (χ3v) is 3.83. The van der Waals surface area contributed by atoms with Crippen LogP contribution in [0.1, 0.15) is 32.2 Å². The molecule has 2 unspecified atom stereocenters. The van der Waals surface area contributed by atoms with Gasteiger partial charge in [-0.3, -0.25) is 4.79 Å². The monoisotopic (exact) mass is 240 g/mol. The second-order valence-corrected chi connectivity index (χ2v) is 5.09. The summed E-state index contributed by atoms with van der Waals surface area (Å²) in [5.74, 6) is 0.0613. The molecule has 0 saturated heterocycles. The van der Waals surface area contributed by atoms with E-state index in [4.69, 9.17) is 5.11 Å². The van der Waals surface area contributed by atoms with Crippen LogP contribution in [0.5, 0.6) is 0 Å². The minimum Gasteiger partial charge on any atom is -0.481 e. The molecule has 2 atom stereocenters. The van der Waals surface area contributed by atoms with Gasteiger partial charge in [-0.25, -0.2) is 4.98 Å². The molecule has 0 aromatic carbocycles. The highest BCUT2D eigenvalue weighted by molar-refractivity contribution is 7.99. The van der Waals surface area contributed by atoms with Crippen molar-refractivity contribution in [3.8, 4) is 0 Å². The smallest absolute Gasteiger partial charge is 0.313 e. The van der Waals surface area contributed by atoms with Crippen molar-refractivity contribution < 1.29 is 9.90 Å². The Morgan fingerprint density at radius 1 is 1.75 bits per heavy atom. The first-order valence-corrected chi connectivity index (χ1v) is 6.58. The van der Waals surface area contributed by atoms with Gasteiger partial charge in [-0.05, 0) is 18.8 Å². The molecule has 0 bridgehead atoms. The van der Waals surface area contributed by atoms with Crippen LogP contribution >= 0.6 is 11.8 Å². The van der Waals surface area contributed by atoms with Crippen molar-refractivity contribution in [2.75, 3.05) is 5.75 Å². The largest absolute Gasteiger partial charge is 0.481 e. The van der Waals surface area contributed by atoms with Crippen molar-refractivity contribution >= 4 is 17.7 Å². The number of carboxylic acids is 1. The Morgan fingerprint density at radius 2 is 2.56 bits per heavy atom. The van der Waals surface area contributed by atoms with E-state index in [1.165, 1.54) is 31.0 Å². The molecule has 1 heterocycles. The summed E-state index contributed by atoms with van der Waals surface area (Å²) in [6, 6.07) is 0.554. The number of aliphatic carboxylic acids is 1. The molecule has 0 amide bonds. The second-order valence-electron chi connectivity index (χ2n) is 4.15. The molecule has 0 spiro atoms. The standard InChI is InChI=1S/C11H16N2O2S/c1-2-3-8-6-9(8)13-5-4-12-11(13)16-7-10(14)15/h4-5,8-9H,2-3,6-7H2,1H3,(H,14,15). The molecule has 16 heavy (non-hydrogen) atoms. The number of carboxylic acid groups (broad SMARTS) is 1. The lowest BCUT2D eigenvalue weighted by Crippen LogP contribution is -2.02. The van der Waals surface area contributed by atoms with Gasteiger partial charge >= 0.3 is 5.97 Å². The van der Waals surface area contributed by atoms with Gasteiger partial charge in [0.25, 0.3) is 0 Å². The number of nitrogens with zero attached hydrogens (tertiary/aromatic N) is 2. The Labute approximate surface area is 99.1 Å². The summed E-state index contributed by atoms with van der Waals surface area (Å²) in [6.07, 6.45) is 7.40. The summed E-state index contributed by atoms with van der Waals surface area (Å²) in [7, 11) is 0. The summed E-state index contributed by atoms with van der Waals surface area (Å²) >= 11 is 1.30. The first kappa shape index (κ1) is 11.5. The Bertz CT molecular complexity index is 378. The highest BCUT2D eigenvalue weighted by Gasteiger charge is 2.38. The van der Waals surface area contributed by atoms with E-state index in [0.29, 0.717) is 6.04 Å².